The first-order valence-corrected chi connectivity index (χ1v) is 9.19. The Kier molecular flexibility index (Phi) is 7.03. The van der Waals surface area contributed by atoms with Crippen LogP contribution in [0.5, 0.6) is 0 Å². The lowest BCUT2D eigenvalue weighted by Crippen LogP contribution is -2.36. The molecule has 1 amide bonds. The summed E-state index contributed by atoms with van der Waals surface area (Å²) in [5.41, 5.74) is 3.64. The number of alkyl halides is 3. The van der Waals surface area contributed by atoms with Crippen LogP contribution in [-0.4, -0.2) is 30.8 Å². The lowest BCUT2D eigenvalue weighted by molar-refractivity contribution is -0.137. The molecular formula is C20H24F3N5O. The van der Waals surface area contributed by atoms with Crippen LogP contribution in [0.3, 0.4) is 0 Å². The number of nitrogens with one attached hydrogen (secondary N) is 2. The van der Waals surface area contributed by atoms with Crippen molar-refractivity contribution < 1.29 is 18.0 Å². The van der Waals surface area contributed by atoms with Crippen LogP contribution in [0.25, 0.3) is 0 Å². The number of hydrogen-bond acceptors (Lipinski definition) is 5. The zero-order valence-corrected chi connectivity index (χ0v) is 16.3. The standard InChI is InChI=1S/C20H24F3N5O/c1-19(2,27-12-15(11-25)13-5-7-26-8-6-13)18(29)28-16-4-3-14(10-24)17(9-16)20(21,22)23/h3-4,9,11-13,26H,5-8,25H2,1-2H3,(H,28,29). The summed E-state index contributed by atoms with van der Waals surface area (Å²) in [6, 6.07) is 4.54. The van der Waals surface area contributed by atoms with Crippen molar-refractivity contribution in [1.82, 2.24) is 5.32 Å². The number of carbonyl (C=O) groups excluding carboxylic acids is 1. The summed E-state index contributed by atoms with van der Waals surface area (Å²) in [5, 5.41) is 14.6. The highest BCUT2D eigenvalue weighted by molar-refractivity contribution is 5.99. The van der Waals surface area contributed by atoms with Gasteiger partial charge in [-0.05, 0) is 75.7 Å². The second-order valence-electron chi connectivity index (χ2n) is 7.33. The molecule has 1 aromatic rings. The molecule has 0 radical (unpaired) electrons. The maximum absolute atomic E-state index is 13.1. The van der Waals surface area contributed by atoms with Gasteiger partial charge in [0, 0.05) is 11.9 Å². The van der Waals surface area contributed by atoms with Gasteiger partial charge in [0.15, 0.2) is 0 Å². The Balaban J connectivity index is 2.15. The van der Waals surface area contributed by atoms with Gasteiger partial charge in [0.2, 0.25) is 0 Å². The number of piperidine rings is 1. The molecular weight excluding hydrogens is 383 g/mol. The van der Waals surface area contributed by atoms with Crippen molar-refractivity contribution in [1.29, 1.82) is 5.26 Å². The number of anilines is 1. The van der Waals surface area contributed by atoms with E-state index in [-0.39, 0.29) is 11.6 Å². The molecule has 1 aromatic carbocycles. The summed E-state index contributed by atoms with van der Waals surface area (Å²) in [6.45, 7) is 4.87. The van der Waals surface area contributed by atoms with Gasteiger partial charge in [0.1, 0.15) is 5.54 Å². The van der Waals surface area contributed by atoms with E-state index in [1.807, 2.05) is 0 Å². The van der Waals surface area contributed by atoms with Gasteiger partial charge in [-0.2, -0.15) is 18.4 Å². The van der Waals surface area contributed by atoms with Gasteiger partial charge in [-0.1, -0.05) is 0 Å². The number of aliphatic imine (C=N–C) groups is 1. The van der Waals surface area contributed by atoms with Crippen LogP contribution in [0, 0.1) is 17.2 Å². The topological polar surface area (TPSA) is 103 Å². The molecule has 1 fully saturated rings. The van der Waals surface area contributed by atoms with Crippen LogP contribution < -0.4 is 16.4 Å². The fourth-order valence-electron chi connectivity index (χ4n) is 2.97. The average Bonchev–Trinajstić information content (AvgIpc) is 2.68. The molecule has 1 saturated heterocycles. The minimum Gasteiger partial charge on any atom is -0.404 e. The minimum absolute atomic E-state index is 0.0578. The summed E-state index contributed by atoms with van der Waals surface area (Å²) in [4.78, 5) is 16.9. The number of rotatable bonds is 5. The van der Waals surface area contributed by atoms with Gasteiger partial charge >= 0.3 is 6.18 Å². The summed E-state index contributed by atoms with van der Waals surface area (Å²) < 4.78 is 39.3. The van der Waals surface area contributed by atoms with E-state index in [0.29, 0.717) is 0 Å². The van der Waals surface area contributed by atoms with Crippen molar-refractivity contribution in [3.05, 3.63) is 41.1 Å². The number of nitrogens with zero attached hydrogens (tertiary/aromatic N) is 2. The molecule has 156 valence electrons. The predicted molar refractivity (Wildman–Crippen MR) is 105 cm³/mol. The third-order valence-corrected chi connectivity index (χ3v) is 4.80. The van der Waals surface area contributed by atoms with E-state index < -0.39 is 28.7 Å². The van der Waals surface area contributed by atoms with E-state index in [2.05, 4.69) is 15.6 Å². The number of nitriles is 1. The van der Waals surface area contributed by atoms with Gasteiger partial charge in [-0.15, -0.1) is 0 Å². The highest BCUT2D eigenvalue weighted by atomic mass is 19.4. The molecule has 0 unspecified atom stereocenters. The van der Waals surface area contributed by atoms with Gasteiger partial charge in [0.05, 0.1) is 17.2 Å². The first-order chi connectivity index (χ1) is 13.6. The van der Waals surface area contributed by atoms with Gasteiger partial charge in [0.25, 0.3) is 5.91 Å². The number of nitrogens with two attached hydrogens (primary N) is 1. The van der Waals surface area contributed by atoms with Crippen molar-refractivity contribution in [3.63, 3.8) is 0 Å². The molecule has 6 nitrogen and oxygen atoms in total. The van der Waals surface area contributed by atoms with Crippen LogP contribution in [0.15, 0.2) is 35.0 Å². The first-order valence-electron chi connectivity index (χ1n) is 9.19. The predicted octanol–water partition coefficient (Wildman–Crippen LogP) is 3.21. The Morgan fingerprint density at radius 1 is 1.34 bits per heavy atom. The lowest BCUT2D eigenvalue weighted by Gasteiger charge is -2.24. The number of allylic oxidation sites excluding steroid dienone is 1. The molecule has 0 saturated carbocycles. The van der Waals surface area contributed by atoms with E-state index in [1.165, 1.54) is 18.3 Å². The molecule has 0 spiro atoms. The second kappa shape index (κ2) is 9.09. The second-order valence-corrected chi connectivity index (χ2v) is 7.33. The van der Waals surface area contributed by atoms with E-state index in [9.17, 15) is 18.0 Å². The Morgan fingerprint density at radius 3 is 2.55 bits per heavy atom. The van der Waals surface area contributed by atoms with Gasteiger partial charge in [-0.3, -0.25) is 9.79 Å². The fourth-order valence-corrected chi connectivity index (χ4v) is 2.97. The summed E-state index contributed by atoms with van der Waals surface area (Å²) >= 11 is 0. The molecule has 0 aliphatic carbocycles. The molecule has 1 aliphatic rings. The highest BCUT2D eigenvalue weighted by Crippen LogP contribution is 2.33. The Labute approximate surface area is 167 Å². The van der Waals surface area contributed by atoms with Crippen LogP contribution in [0.2, 0.25) is 0 Å². The largest absolute Gasteiger partial charge is 0.417 e. The molecule has 2 rings (SSSR count). The van der Waals surface area contributed by atoms with Crippen LogP contribution in [-0.2, 0) is 11.0 Å². The Morgan fingerprint density at radius 2 is 2.00 bits per heavy atom. The highest BCUT2D eigenvalue weighted by Gasteiger charge is 2.34. The maximum atomic E-state index is 13.1. The zero-order chi connectivity index (χ0) is 21.7. The molecule has 0 atom stereocenters. The number of carbonyl (C=O) groups is 1. The third-order valence-electron chi connectivity index (χ3n) is 4.80. The van der Waals surface area contributed by atoms with E-state index in [0.717, 1.165) is 43.6 Å². The van der Waals surface area contributed by atoms with E-state index in [4.69, 9.17) is 11.0 Å². The summed E-state index contributed by atoms with van der Waals surface area (Å²) in [5.74, 6) is -0.329. The van der Waals surface area contributed by atoms with Crippen molar-refractivity contribution in [2.75, 3.05) is 18.4 Å². The molecule has 4 N–H and O–H groups in total. The van der Waals surface area contributed by atoms with E-state index in [1.54, 1.807) is 20.1 Å². The SMILES string of the molecule is CC(C)(N=CC(=CN)C1CCNCC1)C(=O)Nc1ccc(C#N)c(C(F)(F)F)c1. The van der Waals surface area contributed by atoms with Crippen LogP contribution in [0.1, 0.15) is 37.8 Å². The molecule has 1 heterocycles. The minimum atomic E-state index is -4.70. The zero-order valence-electron chi connectivity index (χ0n) is 16.3. The van der Waals surface area contributed by atoms with Gasteiger partial charge in [-0.25, -0.2) is 0 Å². The first kappa shape index (κ1) is 22.4. The maximum Gasteiger partial charge on any atom is 0.417 e. The molecule has 0 aromatic heterocycles. The Bertz CT molecular complexity index is 847. The number of benzene rings is 1. The fraction of sp³-hybridized carbons (Fsp3) is 0.450. The molecule has 0 bridgehead atoms. The summed E-state index contributed by atoms with van der Waals surface area (Å²) in [6.07, 6.45) is 0.161. The summed E-state index contributed by atoms with van der Waals surface area (Å²) in [7, 11) is 0. The Hall–Kier alpha value is -2.86. The third kappa shape index (κ3) is 5.81. The van der Waals surface area contributed by atoms with Crippen molar-refractivity contribution >= 4 is 17.8 Å². The van der Waals surface area contributed by atoms with Crippen LogP contribution >= 0.6 is 0 Å². The molecule has 1 aliphatic heterocycles. The number of amides is 1. The van der Waals surface area contributed by atoms with Crippen LogP contribution in [0.4, 0.5) is 18.9 Å². The van der Waals surface area contributed by atoms with Crippen molar-refractivity contribution in [3.8, 4) is 6.07 Å². The molecule has 9 heteroatoms. The van der Waals surface area contributed by atoms with E-state index >= 15 is 0 Å². The lowest BCUT2D eigenvalue weighted by atomic mass is 9.91. The average molecular weight is 407 g/mol. The van der Waals surface area contributed by atoms with Crippen molar-refractivity contribution in [2.24, 2.45) is 16.6 Å². The molecule has 29 heavy (non-hydrogen) atoms. The quantitative estimate of drug-likeness (QED) is 0.652. The number of hydrogen-bond donors (Lipinski definition) is 3. The smallest absolute Gasteiger partial charge is 0.404 e. The van der Waals surface area contributed by atoms with Crippen molar-refractivity contribution in [2.45, 2.75) is 38.4 Å². The number of halogens is 3. The van der Waals surface area contributed by atoms with Gasteiger partial charge < -0.3 is 16.4 Å². The normalized spacial score (nSPS) is 16.6. The monoisotopic (exact) mass is 407 g/mol.